The molecule has 1 aliphatic heterocycles. The van der Waals surface area contributed by atoms with E-state index in [2.05, 4.69) is 10.6 Å². The number of benzene rings is 2. The van der Waals surface area contributed by atoms with Crippen LogP contribution in [0.2, 0.25) is 0 Å². The monoisotopic (exact) mass is 423 g/mol. The topological polar surface area (TPSA) is 78.5 Å². The van der Waals surface area contributed by atoms with Gasteiger partial charge in [-0.2, -0.15) is 0 Å². The lowest BCUT2D eigenvalue weighted by molar-refractivity contribution is -0.133. The molecule has 0 bridgehead atoms. The summed E-state index contributed by atoms with van der Waals surface area (Å²) >= 11 is 1.79. The van der Waals surface area contributed by atoms with Crippen LogP contribution in [0, 0.1) is 0 Å². The zero-order valence-corrected chi connectivity index (χ0v) is 17.7. The molecule has 1 saturated heterocycles. The quantitative estimate of drug-likeness (QED) is 0.685. The van der Waals surface area contributed by atoms with E-state index < -0.39 is 23.4 Å². The van der Waals surface area contributed by atoms with Crippen LogP contribution in [0.1, 0.15) is 38.2 Å². The van der Waals surface area contributed by atoms with Gasteiger partial charge in [0.2, 0.25) is 5.91 Å². The number of imide groups is 1. The fourth-order valence-corrected chi connectivity index (χ4v) is 5.33. The van der Waals surface area contributed by atoms with Crippen molar-refractivity contribution in [2.24, 2.45) is 0 Å². The molecule has 0 spiro atoms. The van der Waals surface area contributed by atoms with E-state index in [1.54, 1.807) is 30.8 Å². The first kappa shape index (κ1) is 20.5. The number of nitrogens with one attached hydrogen (secondary N) is 2. The molecule has 2 aromatic carbocycles. The van der Waals surface area contributed by atoms with E-state index in [1.807, 2.05) is 42.5 Å². The Bertz CT molecular complexity index is 959. The van der Waals surface area contributed by atoms with Crippen LogP contribution in [0.25, 0.3) is 0 Å². The molecule has 2 fully saturated rings. The molecular formula is C23H25N3O3S. The second-order valence-electron chi connectivity index (χ2n) is 7.88. The standard InChI is InChI=1S/C23H25N3O3S/c1-23(16-9-3-2-4-10-16)21(28)26(22(29)25-23)15-20(27)24-18-13-7-8-14-19(18)30-17-11-5-6-12-17/h2-4,7-10,13-14,17H,5-6,11-12,15H2,1H3,(H,24,27)(H,25,29). The molecule has 2 aromatic rings. The summed E-state index contributed by atoms with van der Waals surface area (Å²) in [6.07, 6.45) is 4.87. The maximum Gasteiger partial charge on any atom is 0.325 e. The van der Waals surface area contributed by atoms with E-state index in [4.69, 9.17) is 0 Å². The smallest absolute Gasteiger partial charge is 0.324 e. The van der Waals surface area contributed by atoms with Crippen molar-refractivity contribution in [1.82, 2.24) is 10.2 Å². The van der Waals surface area contributed by atoms with Gasteiger partial charge in [-0.1, -0.05) is 55.3 Å². The summed E-state index contributed by atoms with van der Waals surface area (Å²) < 4.78 is 0. The SMILES string of the molecule is CC1(c2ccccc2)NC(=O)N(CC(=O)Nc2ccccc2SC2CCCC2)C1=O. The predicted molar refractivity (Wildman–Crippen MR) is 117 cm³/mol. The normalized spacial score (nSPS) is 21.7. The van der Waals surface area contributed by atoms with Gasteiger partial charge in [0.05, 0.1) is 5.69 Å². The van der Waals surface area contributed by atoms with Crippen LogP contribution in [0.5, 0.6) is 0 Å². The van der Waals surface area contributed by atoms with Crippen LogP contribution in [-0.4, -0.2) is 34.5 Å². The van der Waals surface area contributed by atoms with Gasteiger partial charge >= 0.3 is 6.03 Å². The van der Waals surface area contributed by atoms with E-state index in [9.17, 15) is 14.4 Å². The van der Waals surface area contributed by atoms with Gasteiger partial charge in [-0.05, 0) is 37.5 Å². The maximum atomic E-state index is 13.0. The van der Waals surface area contributed by atoms with Crippen molar-refractivity contribution in [1.29, 1.82) is 0 Å². The molecule has 2 N–H and O–H groups in total. The average molecular weight is 424 g/mol. The van der Waals surface area contributed by atoms with Gasteiger partial charge in [-0.15, -0.1) is 11.8 Å². The van der Waals surface area contributed by atoms with Gasteiger partial charge in [0, 0.05) is 10.1 Å². The molecule has 0 aromatic heterocycles. The first-order valence-corrected chi connectivity index (χ1v) is 11.1. The highest BCUT2D eigenvalue weighted by Gasteiger charge is 2.49. The number of urea groups is 1. The lowest BCUT2D eigenvalue weighted by Gasteiger charge is -2.22. The number of thioether (sulfide) groups is 1. The van der Waals surface area contributed by atoms with Gasteiger partial charge in [0.25, 0.3) is 5.91 Å². The molecule has 7 heteroatoms. The van der Waals surface area contributed by atoms with Crippen molar-refractivity contribution in [3.05, 3.63) is 60.2 Å². The second kappa shape index (κ2) is 8.52. The number of carbonyl (C=O) groups excluding carboxylic acids is 3. The molecule has 4 amide bonds. The Labute approximate surface area is 180 Å². The number of nitrogens with zero attached hydrogens (tertiary/aromatic N) is 1. The lowest BCUT2D eigenvalue weighted by atomic mass is 9.92. The Kier molecular flexibility index (Phi) is 5.81. The lowest BCUT2D eigenvalue weighted by Crippen LogP contribution is -2.42. The van der Waals surface area contributed by atoms with E-state index in [1.165, 1.54) is 25.7 Å². The van der Waals surface area contributed by atoms with Crippen molar-refractivity contribution in [2.45, 2.75) is 48.3 Å². The Morgan fingerprint density at radius 2 is 1.77 bits per heavy atom. The van der Waals surface area contributed by atoms with Gasteiger partial charge in [-0.25, -0.2) is 4.79 Å². The fourth-order valence-electron chi connectivity index (χ4n) is 4.00. The summed E-state index contributed by atoms with van der Waals surface area (Å²) in [6.45, 7) is 1.34. The molecule has 30 heavy (non-hydrogen) atoms. The molecule has 1 atom stereocenters. The molecule has 4 rings (SSSR count). The average Bonchev–Trinajstić information content (AvgIpc) is 3.33. The highest BCUT2D eigenvalue weighted by atomic mass is 32.2. The number of anilines is 1. The van der Waals surface area contributed by atoms with Gasteiger partial charge < -0.3 is 10.6 Å². The summed E-state index contributed by atoms with van der Waals surface area (Å²) in [5.74, 6) is -0.822. The minimum atomic E-state index is -1.17. The van der Waals surface area contributed by atoms with Crippen molar-refractivity contribution in [3.63, 3.8) is 0 Å². The Morgan fingerprint density at radius 1 is 1.10 bits per heavy atom. The van der Waals surface area contributed by atoms with Crippen LogP contribution < -0.4 is 10.6 Å². The van der Waals surface area contributed by atoms with Crippen LogP contribution in [-0.2, 0) is 15.1 Å². The number of hydrogen-bond donors (Lipinski definition) is 2. The number of carbonyl (C=O) groups is 3. The fraction of sp³-hybridized carbons (Fsp3) is 0.348. The number of hydrogen-bond acceptors (Lipinski definition) is 4. The molecule has 0 radical (unpaired) electrons. The number of amides is 4. The maximum absolute atomic E-state index is 13.0. The Morgan fingerprint density at radius 3 is 2.50 bits per heavy atom. The number of para-hydroxylation sites is 1. The van der Waals surface area contributed by atoms with Crippen LogP contribution >= 0.6 is 11.8 Å². The molecule has 1 aliphatic carbocycles. The highest BCUT2D eigenvalue weighted by molar-refractivity contribution is 8.00. The van der Waals surface area contributed by atoms with Crippen LogP contribution in [0.3, 0.4) is 0 Å². The summed E-state index contributed by atoms with van der Waals surface area (Å²) in [5.41, 5.74) is 0.233. The first-order chi connectivity index (χ1) is 14.5. The van der Waals surface area contributed by atoms with Crippen LogP contribution in [0.15, 0.2) is 59.5 Å². The summed E-state index contributed by atoms with van der Waals surface area (Å²) in [5, 5.41) is 6.18. The van der Waals surface area contributed by atoms with Gasteiger partial charge in [-0.3, -0.25) is 14.5 Å². The van der Waals surface area contributed by atoms with Crippen molar-refractivity contribution < 1.29 is 14.4 Å². The first-order valence-electron chi connectivity index (χ1n) is 10.2. The van der Waals surface area contributed by atoms with E-state index in [0.29, 0.717) is 10.8 Å². The number of rotatable bonds is 6. The minimum absolute atomic E-state index is 0.324. The molecule has 6 nitrogen and oxygen atoms in total. The largest absolute Gasteiger partial charge is 0.325 e. The Balaban J connectivity index is 1.45. The molecule has 1 saturated carbocycles. The van der Waals surface area contributed by atoms with E-state index >= 15 is 0 Å². The minimum Gasteiger partial charge on any atom is -0.324 e. The molecule has 1 unspecified atom stereocenters. The predicted octanol–water partition coefficient (Wildman–Crippen LogP) is 4.13. The molecule has 1 heterocycles. The van der Waals surface area contributed by atoms with Crippen molar-refractivity contribution in [3.8, 4) is 0 Å². The molecular weight excluding hydrogens is 398 g/mol. The van der Waals surface area contributed by atoms with Gasteiger partial charge in [0.1, 0.15) is 12.1 Å². The Hall–Kier alpha value is -2.80. The third-order valence-electron chi connectivity index (χ3n) is 5.68. The highest BCUT2D eigenvalue weighted by Crippen LogP contribution is 2.38. The van der Waals surface area contributed by atoms with E-state index in [0.717, 1.165) is 15.5 Å². The molecule has 2 aliphatic rings. The van der Waals surface area contributed by atoms with Crippen molar-refractivity contribution in [2.75, 3.05) is 11.9 Å². The molecule has 156 valence electrons. The summed E-state index contributed by atoms with van der Waals surface area (Å²) in [4.78, 5) is 40.2. The van der Waals surface area contributed by atoms with E-state index in [-0.39, 0.29) is 6.54 Å². The zero-order valence-electron chi connectivity index (χ0n) is 16.9. The zero-order chi connectivity index (χ0) is 21.1. The third kappa shape index (κ3) is 4.07. The third-order valence-corrected chi connectivity index (χ3v) is 7.10. The van der Waals surface area contributed by atoms with Crippen molar-refractivity contribution >= 4 is 35.3 Å². The summed E-state index contributed by atoms with van der Waals surface area (Å²) in [7, 11) is 0. The summed E-state index contributed by atoms with van der Waals surface area (Å²) in [6, 6.07) is 16.2. The van der Waals surface area contributed by atoms with Gasteiger partial charge in [0.15, 0.2) is 0 Å². The van der Waals surface area contributed by atoms with Crippen LogP contribution in [0.4, 0.5) is 10.5 Å². The second-order valence-corrected chi connectivity index (χ2v) is 9.22.